The number of benzene rings is 2. The summed E-state index contributed by atoms with van der Waals surface area (Å²) in [4.78, 5) is 28.3. The molecule has 0 aromatic heterocycles. The first-order valence-electron chi connectivity index (χ1n) is 10.5. The summed E-state index contributed by atoms with van der Waals surface area (Å²) in [5.74, 6) is -3.39. The van der Waals surface area contributed by atoms with E-state index in [1.165, 1.54) is 31.4 Å². The van der Waals surface area contributed by atoms with E-state index in [4.69, 9.17) is 4.74 Å². The third-order valence-electron chi connectivity index (χ3n) is 5.62. The highest BCUT2D eigenvalue weighted by molar-refractivity contribution is 7.89. The molecule has 0 unspecified atom stereocenters. The molecule has 1 fully saturated rings. The van der Waals surface area contributed by atoms with Gasteiger partial charge in [-0.25, -0.2) is 13.2 Å². The van der Waals surface area contributed by atoms with Crippen LogP contribution in [-0.2, 0) is 31.0 Å². The Morgan fingerprint density at radius 3 is 2.20 bits per heavy atom. The molecule has 9 nitrogen and oxygen atoms in total. The van der Waals surface area contributed by atoms with Gasteiger partial charge in [-0.05, 0) is 55.8 Å². The molecule has 190 valence electrons. The minimum atomic E-state index is -5.34. The summed E-state index contributed by atoms with van der Waals surface area (Å²) < 4.78 is 71.5. The van der Waals surface area contributed by atoms with E-state index in [1.54, 1.807) is 35.8 Å². The van der Waals surface area contributed by atoms with E-state index in [0.717, 1.165) is 4.31 Å². The molecule has 0 aliphatic carbocycles. The van der Waals surface area contributed by atoms with Crippen LogP contribution in [0.2, 0.25) is 0 Å². The maximum Gasteiger partial charge on any atom is 0.493 e. The van der Waals surface area contributed by atoms with E-state index < -0.39 is 33.6 Å². The van der Waals surface area contributed by atoms with Gasteiger partial charge in [0, 0.05) is 6.54 Å². The number of methoxy groups -OCH3 is 1. The van der Waals surface area contributed by atoms with Crippen molar-refractivity contribution in [3.63, 3.8) is 0 Å². The molecule has 3 rings (SSSR count). The van der Waals surface area contributed by atoms with Crippen LogP contribution in [0.15, 0.2) is 59.5 Å². The molecule has 1 aliphatic heterocycles. The molecule has 0 spiro atoms. The van der Waals surface area contributed by atoms with E-state index in [-0.39, 0.29) is 37.4 Å². The van der Waals surface area contributed by atoms with Gasteiger partial charge in [0.1, 0.15) is 11.3 Å². The fourth-order valence-electron chi connectivity index (χ4n) is 3.77. The number of hydrogen-bond donors (Lipinski definition) is 2. The highest BCUT2D eigenvalue weighted by atomic mass is 32.2. The van der Waals surface area contributed by atoms with Crippen molar-refractivity contribution < 1.29 is 40.8 Å². The van der Waals surface area contributed by atoms with E-state index in [2.05, 4.69) is 10.2 Å². The summed E-state index contributed by atoms with van der Waals surface area (Å²) in [6.45, 7) is 0.143. The Morgan fingerprint density at radius 1 is 1.06 bits per heavy atom. The molecule has 2 aromatic carbocycles. The smallest absolute Gasteiger partial charge is 0.493 e. The average molecular weight is 516 g/mol. The molecule has 1 saturated heterocycles. The normalized spacial score (nSPS) is 15.9. The van der Waals surface area contributed by atoms with Gasteiger partial charge in [-0.1, -0.05) is 30.3 Å². The number of hydrogen-bond acceptors (Lipinski definition) is 7. The monoisotopic (exact) mass is 515 g/mol. The number of halogens is 3. The summed E-state index contributed by atoms with van der Waals surface area (Å²) in [6.07, 6.45) is -5.50. The van der Waals surface area contributed by atoms with E-state index >= 15 is 0 Å². The predicted molar refractivity (Wildman–Crippen MR) is 117 cm³/mol. The Bertz CT molecular complexity index is 1140. The second-order valence-corrected chi connectivity index (χ2v) is 9.64. The van der Waals surface area contributed by atoms with Crippen molar-refractivity contribution in [2.75, 3.05) is 20.2 Å². The van der Waals surface area contributed by atoms with Crippen LogP contribution in [0.4, 0.5) is 13.2 Å². The van der Waals surface area contributed by atoms with Crippen molar-refractivity contribution in [3.05, 3.63) is 60.2 Å². The molecule has 13 heteroatoms. The predicted octanol–water partition coefficient (Wildman–Crippen LogP) is 2.14. The highest BCUT2D eigenvalue weighted by Crippen LogP contribution is 2.35. The molecule has 1 aliphatic rings. The van der Waals surface area contributed by atoms with E-state index in [0.29, 0.717) is 11.3 Å². The molecule has 1 heterocycles. The number of carbonyl (C=O) groups excluding carboxylic acids is 2. The standard InChI is InChI=1S/C22H24F3N3O6S/c1-33-17-7-9-18(10-8-17)35(31,32)28(15-16-5-3-2-4-6-16)21(11-13-26-14-12-21)19(29)27-34-20(30)22(23,24)25/h2-10,26H,11-15H2,1H3,(H,27,29). The number of sulfonamides is 1. The quantitative estimate of drug-likeness (QED) is 0.543. The molecule has 0 radical (unpaired) electrons. The second-order valence-electron chi connectivity index (χ2n) is 7.77. The Morgan fingerprint density at radius 2 is 1.66 bits per heavy atom. The molecule has 0 atom stereocenters. The van der Waals surface area contributed by atoms with Crippen LogP contribution in [0.25, 0.3) is 0 Å². The van der Waals surface area contributed by atoms with Gasteiger partial charge in [-0.2, -0.15) is 23.0 Å². The molecular weight excluding hydrogens is 491 g/mol. The van der Waals surface area contributed by atoms with Crippen molar-refractivity contribution in [1.82, 2.24) is 15.1 Å². The third-order valence-corrected chi connectivity index (χ3v) is 7.54. The summed E-state index contributed by atoms with van der Waals surface area (Å²) >= 11 is 0. The van der Waals surface area contributed by atoms with Crippen molar-refractivity contribution in [2.45, 2.75) is 36.0 Å². The van der Waals surface area contributed by atoms with Gasteiger partial charge >= 0.3 is 12.1 Å². The number of piperidine rings is 1. The highest BCUT2D eigenvalue weighted by Gasteiger charge is 2.51. The van der Waals surface area contributed by atoms with E-state index in [1.807, 2.05) is 0 Å². The van der Waals surface area contributed by atoms with Gasteiger partial charge in [-0.15, -0.1) is 0 Å². The Kier molecular flexibility index (Phi) is 8.03. The number of carbonyl (C=O) groups is 2. The van der Waals surface area contributed by atoms with Crippen LogP contribution < -0.4 is 15.5 Å². The molecule has 0 saturated carbocycles. The van der Waals surface area contributed by atoms with Gasteiger partial charge in [-0.3, -0.25) is 4.79 Å². The number of alkyl halides is 3. The molecule has 1 amide bonds. The molecular formula is C22H24F3N3O6S. The first-order chi connectivity index (χ1) is 16.5. The van der Waals surface area contributed by atoms with Crippen LogP contribution in [0.1, 0.15) is 18.4 Å². The lowest BCUT2D eigenvalue weighted by Gasteiger charge is -2.43. The van der Waals surface area contributed by atoms with Crippen molar-refractivity contribution in [2.24, 2.45) is 0 Å². The van der Waals surface area contributed by atoms with E-state index in [9.17, 15) is 31.2 Å². The number of nitrogens with zero attached hydrogens (tertiary/aromatic N) is 1. The first kappa shape index (κ1) is 26.4. The molecule has 35 heavy (non-hydrogen) atoms. The Hall–Kier alpha value is -3.16. The number of amides is 1. The van der Waals surface area contributed by atoms with Crippen LogP contribution in [0.5, 0.6) is 5.75 Å². The maximum atomic E-state index is 13.8. The zero-order chi connectivity index (χ0) is 25.7. The lowest BCUT2D eigenvalue weighted by molar-refractivity contribution is -0.208. The van der Waals surface area contributed by atoms with Crippen molar-refractivity contribution in [1.29, 1.82) is 0 Å². The Balaban J connectivity index is 2.06. The topological polar surface area (TPSA) is 114 Å². The summed E-state index contributed by atoms with van der Waals surface area (Å²) in [5, 5.41) is 3.00. The third kappa shape index (κ3) is 5.92. The minimum Gasteiger partial charge on any atom is -0.497 e. The largest absolute Gasteiger partial charge is 0.497 e. The van der Waals surface area contributed by atoms with Crippen molar-refractivity contribution >= 4 is 21.9 Å². The molecule has 2 N–H and O–H groups in total. The maximum absolute atomic E-state index is 13.8. The first-order valence-corrected chi connectivity index (χ1v) is 11.9. The van der Waals surface area contributed by atoms with Crippen LogP contribution in [0.3, 0.4) is 0 Å². The average Bonchev–Trinajstić information content (AvgIpc) is 2.86. The lowest BCUT2D eigenvalue weighted by atomic mass is 9.87. The summed E-state index contributed by atoms with van der Waals surface area (Å²) in [7, 11) is -2.95. The zero-order valence-corrected chi connectivity index (χ0v) is 19.5. The minimum absolute atomic E-state index is 0.0788. The van der Waals surface area contributed by atoms with Crippen LogP contribution in [0, 0.1) is 0 Å². The Labute approximate surface area is 200 Å². The summed E-state index contributed by atoms with van der Waals surface area (Å²) in [6, 6.07) is 13.9. The number of hydroxylamine groups is 1. The SMILES string of the molecule is COc1ccc(S(=O)(=O)N(Cc2ccccc2)C2(C(=O)NOC(=O)C(F)(F)F)CCNCC2)cc1. The van der Waals surface area contributed by atoms with Gasteiger partial charge in [0.05, 0.1) is 12.0 Å². The van der Waals surface area contributed by atoms with Crippen LogP contribution in [-0.4, -0.2) is 56.5 Å². The zero-order valence-electron chi connectivity index (χ0n) is 18.7. The summed E-state index contributed by atoms with van der Waals surface area (Å²) in [5.41, 5.74) is 0.248. The number of ether oxygens (including phenoxy) is 1. The van der Waals surface area contributed by atoms with Gasteiger partial charge < -0.3 is 14.9 Å². The molecule has 2 aromatic rings. The lowest BCUT2D eigenvalue weighted by Crippen LogP contribution is -2.64. The van der Waals surface area contributed by atoms with Crippen molar-refractivity contribution in [3.8, 4) is 5.75 Å². The fourth-order valence-corrected chi connectivity index (χ4v) is 5.55. The van der Waals surface area contributed by atoms with Gasteiger partial charge in [0.2, 0.25) is 10.0 Å². The molecule has 0 bridgehead atoms. The number of nitrogens with one attached hydrogen (secondary N) is 2. The fraction of sp³-hybridized carbons (Fsp3) is 0.364. The number of rotatable bonds is 7. The second kappa shape index (κ2) is 10.6. The van der Waals surface area contributed by atoms with Crippen LogP contribution >= 0.6 is 0 Å². The van der Waals surface area contributed by atoms with Gasteiger partial charge in [0.25, 0.3) is 5.91 Å². The van der Waals surface area contributed by atoms with Gasteiger partial charge in [0.15, 0.2) is 0 Å².